The number of carbonyl (C=O) groups is 1. The van der Waals surface area contributed by atoms with Crippen LogP contribution in [0.5, 0.6) is 5.75 Å². The molecule has 4 heterocycles. The third kappa shape index (κ3) is 4.14. The molecule has 0 saturated carbocycles. The standard InChI is InChI=1S/C24H26FIN5O2/c1-13-6-9-28-18-12-27-8-7-14(18)20-22(30-17-5-3-4-15(25)23(17)33-2)19-21(31-20)16(26-10-13)11-29-24(19)32/h3-5,7-8,12-13,16,28,30-31H,6,9-11H2,1-2H3,(H,29,32)/q-1/t13?,16-/m1/s1. The summed E-state index contributed by atoms with van der Waals surface area (Å²) < 4.78 is 21.2. The van der Waals surface area contributed by atoms with E-state index in [0.29, 0.717) is 33.3 Å². The number of alkyl halides is 2. The van der Waals surface area contributed by atoms with Crippen LogP contribution in [0.4, 0.5) is 21.5 Å². The van der Waals surface area contributed by atoms with Gasteiger partial charge in [-0.25, -0.2) is 0 Å². The van der Waals surface area contributed by atoms with E-state index in [2.05, 4.69) is 32.8 Å². The van der Waals surface area contributed by atoms with Gasteiger partial charge >= 0.3 is 203 Å². The van der Waals surface area contributed by atoms with E-state index in [1.54, 1.807) is 18.3 Å². The van der Waals surface area contributed by atoms with E-state index < -0.39 is 5.82 Å². The summed E-state index contributed by atoms with van der Waals surface area (Å²) in [5.74, 6) is 0.123. The minimum atomic E-state index is -0.465. The minimum absolute atomic E-state index is 0.110. The molecule has 0 fully saturated rings. The Balaban J connectivity index is 1.72. The Kier molecular flexibility index (Phi) is 6.13. The Morgan fingerprint density at radius 3 is 3.00 bits per heavy atom. The molecule has 1 aromatic carbocycles. The normalized spacial score (nSPS) is 20.2. The maximum absolute atomic E-state index is 14.4. The van der Waals surface area contributed by atoms with Crippen molar-refractivity contribution >= 4 is 23.0 Å². The zero-order valence-corrected chi connectivity index (χ0v) is 20.6. The summed E-state index contributed by atoms with van der Waals surface area (Å²) in [6.07, 6.45) is 4.63. The number of hydrogen-bond donors (Lipinski definition) is 4. The number of benzene rings is 1. The Morgan fingerprint density at radius 2 is 2.15 bits per heavy atom. The molecule has 3 aromatic rings. The summed E-state index contributed by atoms with van der Waals surface area (Å²) in [7, 11) is 1.44. The summed E-state index contributed by atoms with van der Waals surface area (Å²) in [4.78, 5) is 21.0. The number of halogens is 2. The van der Waals surface area contributed by atoms with Crippen molar-refractivity contribution in [1.29, 1.82) is 0 Å². The van der Waals surface area contributed by atoms with Crippen LogP contribution in [-0.2, 0) is 0 Å². The van der Waals surface area contributed by atoms with Gasteiger partial charge in [0.1, 0.15) is 0 Å². The number of rotatable bonds is 3. The van der Waals surface area contributed by atoms with Gasteiger partial charge in [-0.05, 0) is 0 Å². The fourth-order valence-corrected chi connectivity index (χ4v) is 7.68. The molecule has 5 rings (SSSR count). The zero-order chi connectivity index (χ0) is 22.9. The van der Waals surface area contributed by atoms with Crippen molar-refractivity contribution in [2.45, 2.75) is 17.3 Å². The number of anilines is 3. The Hall–Kier alpha value is -2.82. The topological polar surface area (TPSA) is 91.1 Å². The number of nitrogens with zero attached hydrogens (tertiary/aromatic N) is 1. The zero-order valence-electron chi connectivity index (χ0n) is 18.5. The van der Waals surface area contributed by atoms with Gasteiger partial charge in [0.15, 0.2) is 0 Å². The first-order valence-electron chi connectivity index (χ1n) is 11.0. The number of hydrogen-bond acceptors (Lipinski definition) is 5. The summed E-state index contributed by atoms with van der Waals surface area (Å²) in [6.45, 7) is 3.80. The van der Waals surface area contributed by atoms with E-state index in [0.717, 1.165) is 35.6 Å². The molecular weight excluding hydrogens is 536 g/mol. The summed E-state index contributed by atoms with van der Waals surface area (Å²) in [6, 6.07) is 6.66. The Morgan fingerprint density at radius 1 is 1.27 bits per heavy atom. The van der Waals surface area contributed by atoms with Gasteiger partial charge in [0.2, 0.25) is 0 Å². The molecule has 33 heavy (non-hydrogen) atoms. The molecule has 174 valence electrons. The number of aromatic amines is 1. The summed E-state index contributed by atoms with van der Waals surface area (Å²) >= 11 is -0.180. The van der Waals surface area contributed by atoms with Gasteiger partial charge in [-0.3, -0.25) is 0 Å². The second-order valence-corrected chi connectivity index (χ2v) is 11.6. The number of ether oxygens (including phenoxy) is 1. The first-order valence-corrected chi connectivity index (χ1v) is 13.7. The van der Waals surface area contributed by atoms with Crippen molar-refractivity contribution in [3.8, 4) is 17.0 Å². The SMILES string of the molecule is COc1c(F)cccc1Nc1c2[nH]c3c1C(=O)NC[C@H]3[I-]CC(C)CCNc1cnccc1-2. The van der Waals surface area contributed by atoms with Crippen LogP contribution in [0.15, 0.2) is 36.7 Å². The Bertz CT molecular complexity index is 1200. The van der Waals surface area contributed by atoms with Crippen LogP contribution >= 0.6 is 0 Å². The van der Waals surface area contributed by atoms with Crippen molar-refractivity contribution in [2.75, 3.05) is 35.3 Å². The van der Waals surface area contributed by atoms with E-state index in [4.69, 9.17) is 4.74 Å². The Labute approximate surface area is 202 Å². The van der Waals surface area contributed by atoms with Crippen molar-refractivity contribution < 1.29 is 35.1 Å². The van der Waals surface area contributed by atoms with Crippen LogP contribution in [0.1, 0.15) is 33.3 Å². The van der Waals surface area contributed by atoms with Gasteiger partial charge in [-0.1, -0.05) is 0 Å². The van der Waals surface area contributed by atoms with Gasteiger partial charge in [0, 0.05) is 0 Å². The molecule has 2 bridgehead atoms. The third-order valence-electron chi connectivity index (χ3n) is 6.02. The van der Waals surface area contributed by atoms with Gasteiger partial charge in [-0.15, -0.1) is 0 Å². The third-order valence-corrected chi connectivity index (χ3v) is 10.2. The molecule has 9 heteroatoms. The van der Waals surface area contributed by atoms with E-state index >= 15 is 0 Å². The number of amides is 1. The molecule has 1 unspecified atom stereocenters. The first kappa shape index (κ1) is 22.0. The number of pyridine rings is 1. The molecule has 7 nitrogen and oxygen atoms in total. The predicted molar refractivity (Wildman–Crippen MR) is 122 cm³/mol. The number of H-pyrrole nitrogens is 1. The second-order valence-electron chi connectivity index (χ2n) is 8.34. The van der Waals surface area contributed by atoms with Crippen LogP contribution in [-0.4, -0.2) is 40.5 Å². The van der Waals surface area contributed by atoms with E-state index in [1.807, 2.05) is 12.3 Å². The maximum atomic E-state index is 14.4. The number of para-hydroxylation sites is 1. The number of methoxy groups -OCH3 is 1. The van der Waals surface area contributed by atoms with Gasteiger partial charge in [0.05, 0.1) is 0 Å². The van der Waals surface area contributed by atoms with Crippen LogP contribution in [0.2, 0.25) is 0 Å². The van der Waals surface area contributed by atoms with E-state index in [9.17, 15) is 9.18 Å². The van der Waals surface area contributed by atoms with Crippen molar-refractivity contribution in [1.82, 2.24) is 15.3 Å². The average molecular weight is 562 g/mol. The molecular formula is C24H26FIN5O2-. The quantitative estimate of drug-likeness (QED) is 0.286. The van der Waals surface area contributed by atoms with Crippen LogP contribution in [0.3, 0.4) is 0 Å². The molecule has 0 radical (unpaired) electrons. The van der Waals surface area contributed by atoms with Gasteiger partial charge in [-0.2, -0.15) is 0 Å². The number of fused-ring (bicyclic) bond motifs is 3. The monoisotopic (exact) mass is 562 g/mol. The van der Waals surface area contributed by atoms with Gasteiger partial charge in [0.25, 0.3) is 0 Å². The molecule has 0 spiro atoms. The van der Waals surface area contributed by atoms with Crippen molar-refractivity contribution in [2.24, 2.45) is 5.92 Å². The predicted octanol–water partition coefficient (Wildman–Crippen LogP) is 1.29. The number of nitrogens with one attached hydrogen (secondary N) is 4. The second kappa shape index (κ2) is 9.20. The molecule has 2 atom stereocenters. The molecule has 0 aliphatic carbocycles. The summed E-state index contributed by atoms with van der Waals surface area (Å²) in [5, 5.41) is 9.95. The average Bonchev–Trinajstić information content (AvgIpc) is 3.18. The van der Waals surface area contributed by atoms with Crippen LogP contribution < -0.4 is 41.9 Å². The van der Waals surface area contributed by atoms with Crippen LogP contribution in [0, 0.1) is 11.7 Å². The fraction of sp³-hybridized carbons (Fsp3) is 0.333. The van der Waals surface area contributed by atoms with Crippen molar-refractivity contribution in [3.05, 3.63) is 53.7 Å². The fourth-order valence-electron chi connectivity index (χ4n) is 4.31. The van der Waals surface area contributed by atoms with E-state index in [1.165, 1.54) is 17.6 Å². The number of aromatic nitrogens is 2. The molecule has 4 N–H and O–H groups in total. The first-order chi connectivity index (χ1) is 16.1. The number of carbonyl (C=O) groups excluding carboxylic acids is 1. The van der Waals surface area contributed by atoms with E-state index in [-0.39, 0.29) is 32.9 Å². The molecule has 2 aliphatic heterocycles. The van der Waals surface area contributed by atoms with Crippen molar-refractivity contribution in [3.63, 3.8) is 0 Å². The molecule has 2 aliphatic rings. The molecule has 2 aromatic heterocycles. The summed E-state index contributed by atoms with van der Waals surface area (Å²) in [5.41, 5.74) is 5.25. The molecule has 0 saturated heterocycles. The van der Waals surface area contributed by atoms with Crippen LogP contribution in [0.25, 0.3) is 11.3 Å². The van der Waals surface area contributed by atoms with Gasteiger partial charge < -0.3 is 0 Å². The molecule has 1 amide bonds.